The minimum absolute atomic E-state index is 0.453. The molecule has 0 aliphatic carbocycles. The van der Waals surface area contributed by atoms with Gasteiger partial charge in [0.15, 0.2) is 0 Å². The molecule has 0 saturated carbocycles. The molecule has 1 aromatic heterocycles. The molecular formula is C14H13NO. The highest BCUT2D eigenvalue weighted by Gasteiger charge is 2.11. The van der Waals surface area contributed by atoms with Crippen LogP contribution in [0.5, 0.6) is 0 Å². The molecule has 16 heavy (non-hydrogen) atoms. The van der Waals surface area contributed by atoms with E-state index >= 15 is 0 Å². The molecular weight excluding hydrogens is 198 g/mol. The van der Waals surface area contributed by atoms with Gasteiger partial charge in [-0.2, -0.15) is 0 Å². The number of aryl methyl sites for hydroxylation is 1. The minimum Gasteiger partial charge on any atom is -0.459 e. The Morgan fingerprint density at radius 3 is 2.75 bits per heavy atom. The fourth-order valence-corrected chi connectivity index (χ4v) is 2.27. The predicted molar refractivity (Wildman–Crippen MR) is 66.3 cm³/mol. The van der Waals surface area contributed by atoms with E-state index in [-0.39, 0.29) is 0 Å². The maximum atomic E-state index is 5.73. The van der Waals surface area contributed by atoms with Gasteiger partial charge in [0.25, 0.3) is 0 Å². The van der Waals surface area contributed by atoms with E-state index in [1.807, 2.05) is 12.1 Å². The molecule has 1 heterocycles. The molecule has 0 radical (unpaired) electrons. The van der Waals surface area contributed by atoms with Gasteiger partial charge in [0.05, 0.1) is 6.54 Å². The summed E-state index contributed by atoms with van der Waals surface area (Å²) in [4.78, 5) is 0. The maximum absolute atomic E-state index is 5.73. The van der Waals surface area contributed by atoms with Gasteiger partial charge in [-0.05, 0) is 23.8 Å². The Balaban J connectivity index is 2.54. The summed E-state index contributed by atoms with van der Waals surface area (Å²) in [5.74, 6) is 0.881. The van der Waals surface area contributed by atoms with Crippen molar-refractivity contribution in [2.24, 2.45) is 5.73 Å². The van der Waals surface area contributed by atoms with Crippen molar-refractivity contribution < 1.29 is 4.42 Å². The van der Waals surface area contributed by atoms with Crippen LogP contribution < -0.4 is 5.73 Å². The zero-order valence-corrected chi connectivity index (χ0v) is 9.16. The largest absolute Gasteiger partial charge is 0.459 e. The molecule has 3 aromatic rings. The van der Waals surface area contributed by atoms with Crippen molar-refractivity contribution >= 4 is 21.7 Å². The van der Waals surface area contributed by atoms with E-state index in [1.54, 1.807) is 0 Å². The number of furan rings is 1. The third-order valence-corrected chi connectivity index (χ3v) is 3.10. The fourth-order valence-electron chi connectivity index (χ4n) is 2.27. The van der Waals surface area contributed by atoms with Crippen LogP contribution in [0.4, 0.5) is 0 Å². The lowest BCUT2D eigenvalue weighted by Gasteiger charge is -1.98. The van der Waals surface area contributed by atoms with Crippen molar-refractivity contribution in [3.05, 3.63) is 47.7 Å². The molecule has 0 aliphatic rings. The van der Waals surface area contributed by atoms with Crippen LogP contribution in [0.2, 0.25) is 0 Å². The van der Waals surface area contributed by atoms with Gasteiger partial charge in [0.2, 0.25) is 0 Å². The summed E-state index contributed by atoms with van der Waals surface area (Å²) in [6.45, 7) is 2.52. The zero-order chi connectivity index (χ0) is 11.1. The molecule has 2 nitrogen and oxygen atoms in total. The summed E-state index contributed by atoms with van der Waals surface area (Å²) in [5.41, 5.74) is 7.75. The number of fused-ring (bicyclic) bond motifs is 3. The lowest BCUT2D eigenvalue weighted by Crippen LogP contribution is -1.95. The standard InChI is InChI=1S/C14H13NO/c1-9-13(8-15)16-12-7-6-10-4-2-3-5-11(10)14(9)12/h2-7H,8,15H2,1H3. The first kappa shape index (κ1) is 9.43. The summed E-state index contributed by atoms with van der Waals surface area (Å²) < 4.78 is 5.73. The predicted octanol–water partition coefficient (Wildman–Crippen LogP) is 3.35. The van der Waals surface area contributed by atoms with Crippen LogP contribution in [0.1, 0.15) is 11.3 Å². The van der Waals surface area contributed by atoms with Crippen LogP contribution in [0, 0.1) is 6.92 Å². The van der Waals surface area contributed by atoms with Gasteiger partial charge in [0.1, 0.15) is 11.3 Å². The quantitative estimate of drug-likeness (QED) is 0.670. The second-order valence-electron chi connectivity index (χ2n) is 4.01. The van der Waals surface area contributed by atoms with Gasteiger partial charge >= 0.3 is 0 Å². The number of benzene rings is 2. The van der Waals surface area contributed by atoms with E-state index in [0.717, 1.165) is 16.9 Å². The molecule has 80 valence electrons. The Labute approximate surface area is 93.7 Å². The molecule has 0 aliphatic heterocycles. The van der Waals surface area contributed by atoms with Crippen molar-refractivity contribution in [3.8, 4) is 0 Å². The first-order valence-electron chi connectivity index (χ1n) is 5.41. The van der Waals surface area contributed by atoms with Crippen molar-refractivity contribution in [3.63, 3.8) is 0 Å². The Morgan fingerprint density at radius 2 is 1.94 bits per heavy atom. The van der Waals surface area contributed by atoms with Crippen LogP contribution >= 0.6 is 0 Å². The molecule has 0 saturated heterocycles. The Hall–Kier alpha value is -1.80. The molecule has 2 heteroatoms. The van der Waals surface area contributed by atoms with Crippen molar-refractivity contribution in [1.82, 2.24) is 0 Å². The molecule has 0 unspecified atom stereocenters. The van der Waals surface area contributed by atoms with Crippen LogP contribution in [-0.4, -0.2) is 0 Å². The maximum Gasteiger partial charge on any atom is 0.135 e. The van der Waals surface area contributed by atoms with E-state index in [1.165, 1.54) is 16.2 Å². The van der Waals surface area contributed by atoms with Crippen molar-refractivity contribution in [2.75, 3.05) is 0 Å². The van der Waals surface area contributed by atoms with E-state index in [0.29, 0.717) is 6.54 Å². The SMILES string of the molecule is Cc1c(CN)oc2ccc3ccccc3c12. The highest BCUT2D eigenvalue weighted by Crippen LogP contribution is 2.31. The molecule has 0 spiro atoms. The van der Waals surface area contributed by atoms with Crippen LogP contribution in [0.15, 0.2) is 40.8 Å². The van der Waals surface area contributed by atoms with Gasteiger partial charge in [-0.15, -0.1) is 0 Å². The Kier molecular flexibility index (Phi) is 1.98. The van der Waals surface area contributed by atoms with Gasteiger partial charge in [-0.25, -0.2) is 0 Å². The topological polar surface area (TPSA) is 39.2 Å². The van der Waals surface area contributed by atoms with Crippen LogP contribution in [0.25, 0.3) is 21.7 Å². The van der Waals surface area contributed by atoms with E-state index in [2.05, 4.69) is 31.2 Å². The third kappa shape index (κ3) is 1.17. The molecule has 3 rings (SSSR count). The number of hydrogen-bond acceptors (Lipinski definition) is 2. The molecule has 0 fully saturated rings. The average molecular weight is 211 g/mol. The minimum atomic E-state index is 0.453. The summed E-state index contributed by atoms with van der Waals surface area (Å²) >= 11 is 0. The third-order valence-electron chi connectivity index (χ3n) is 3.10. The summed E-state index contributed by atoms with van der Waals surface area (Å²) in [7, 11) is 0. The van der Waals surface area contributed by atoms with E-state index in [9.17, 15) is 0 Å². The average Bonchev–Trinajstić information content (AvgIpc) is 2.66. The lowest BCUT2D eigenvalue weighted by molar-refractivity contribution is 0.548. The normalized spacial score (nSPS) is 11.4. The molecule has 2 aromatic carbocycles. The second kappa shape index (κ2) is 3.35. The van der Waals surface area contributed by atoms with E-state index < -0.39 is 0 Å². The summed E-state index contributed by atoms with van der Waals surface area (Å²) in [5, 5.41) is 3.67. The van der Waals surface area contributed by atoms with Gasteiger partial charge in [-0.1, -0.05) is 30.3 Å². The lowest BCUT2D eigenvalue weighted by atomic mass is 10.0. The number of nitrogens with two attached hydrogens (primary N) is 1. The zero-order valence-electron chi connectivity index (χ0n) is 9.16. The van der Waals surface area contributed by atoms with Gasteiger partial charge < -0.3 is 10.2 Å². The van der Waals surface area contributed by atoms with Crippen molar-refractivity contribution in [1.29, 1.82) is 0 Å². The summed E-state index contributed by atoms with van der Waals surface area (Å²) in [6, 6.07) is 12.4. The number of rotatable bonds is 1. The van der Waals surface area contributed by atoms with E-state index in [4.69, 9.17) is 10.2 Å². The first-order chi connectivity index (χ1) is 7.81. The Bertz CT molecular complexity index is 667. The van der Waals surface area contributed by atoms with Crippen LogP contribution in [-0.2, 0) is 6.54 Å². The fraction of sp³-hybridized carbons (Fsp3) is 0.143. The number of hydrogen-bond donors (Lipinski definition) is 1. The summed E-state index contributed by atoms with van der Waals surface area (Å²) in [6.07, 6.45) is 0. The van der Waals surface area contributed by atoms with Crippen LogP contribution in [0.3, 0.4) is 0 Å². The first-order valence-corrected chi connectivity index (χ1v) is 5.41. The van der Waals surface area contributed by atoms with Gasteiger partial charge in [0, 0.05) is 10.9 Å². The molecule has 0 atom stereocenters. The van der Waals surface area contributed by atoms with Gasteiger partial charge in [-0.3, -0.25) is 0 Å². The Morgan fingerprint density at radius 1 is 1.12 bits per heavy atom. The van der Waals surface area contributed by atoms with Crippen molar-refractivity contribution in [2.45, 2.75) is 13.5 Å². The highest BCUT2D eigenvalue weighted by atomic mass is 16.3. The molecule has 0 amide bonds. The second-order valence-corrected chi connectivity index (χ2v) is 4.01. The highest BCUT2D eigenvalue weighted by molar-refractivity contribution is 6.07. The monoisotopic (exact) mass is 211 g/mol. The smallest absolute Gasteiger partial charge is 0.135 e. The molecule has 2 N–H and O–H groups in total. The molecule has 0 bridgehead atoms.